The maximum Gasteiger partial charge on any atom is 0.341 e. The number of nitrogens with one attached hydrogen (secondary N) is 2. The highest BCUT2D eigenvalue weighted by molar-refractivity contribution is 7.87. The number of hydrogen-bond acceptors (Lipinski definition) is 6. The van der Waals surface area contributed by atoms with E-state index in [1.165, 1.54) is 30.3 Å². The fraction of sp³-hybridized carbons (Fsp3) is 0.130. The minimum absolute atomic E-state index is 0.0784. The third-order valence-corrected chi connectivity index (χ3v) is 5.49. The molecular formula is C23H22N2O6S. The smallest absolute Gasteiger partial charge is 0.341 e. The van der Waals surface area contributed by atoms with Gasteiger partial charge in [-0.15, -0.1) is 0 Å². The average molecular weight is 455 g/mol. The van der Waals surface area contributed by atoms with Gasteiger partial charge in [0.05, 0.1) is 6.61 Å². The van der Waals surface area contributed by atoms with Gasteiger partial charge in [-0.3, -0.25) is 0 Å². The summed E-state index contributed by atoms with van der Waals surface area (Å²) in [6, 6.07) is 18.2. The van der Waals surface area contributed by atoms with Gasteiger partial charge in [-0.2, -0.15) is 8.42 Å². The van der Waals surface area contributed by atoms with Crippen molar-refractivity contribution in [2.24, 2.45) is 0 Å². The summed E-state index contributed by atoms with van der Waals surface area (Å²) in [6.45, 7) is 3.63. The van der Waals surface area contributed by atoms with E-state index in [2.05, 4.69) is 10.6 Å². The van der Waals surface area contributed by atoms with Gasteiger partial charge in [-0.05, 0) is 55.8 Å². The molecule has 0 radical (unpaired) electrons. The molecule has 0 saturated carbocycles. The number of carbonyl (C=O) groups is 2. The molecule has 0 unspecified atom stereocenters. The number of esters is 1. The van der Waals surface area contributed by atoms with Crippen molar-refractivity contribution in [3.05, 3.63) is 83.9 Å². The molecule has 0 aliphatic rings. The lowest BCUT2D eigenvalue weighted by molar-refractivity contribution is 0.0524. The van der Waals surface area contributed by atoms with Crippen LogP contribution in [0.15, 0.2) is 77.7 Å². The molecule has 0 aromatic heterocycles. The molecule has 0 bridgehead atoms. The largest absolute Gasteiger partial charge is 0.462 e. The van der Waals surface area contributed by atoms with Gasteiger partial charge in [-0.25, -0.2) is 9.59 Å². The highest BCUT2D eigenvalue weighted by Crippen LogP contribution is 2.28. The van der Waals surface area contributed by atoms with Gasteiger partial charge in [0, 0.05) is 17.4 Å². The maximum absolute atomic E-state index is 12.7. The first-order valence-corrected chi connectivity index (χ1v) is 11.1. The van der Waals surface area contributed by atoms with Crippen LogP contribution in [0.2, 0.25) is 0 Å². The number of hydrogen-bond donors (Lipinski definition) is 2. The molecule has 0 aliphatic carbocycles. The molecule has 0 saturated heterocycles. The van der Waals surface area contributed by atoms with Crippen LogP contribution in [0.3, 0.4) is 0 Å². The summed E-state index contributed by atoms with van der Waals surface area (Å²) in [7, 11) is -4.22. The predicted octanol–water partition coefficient (Wildman–Crippen LogP) is 4.58. The molecule has 2 N–H and O–H groups in total. The zero-order chi connectivity index (χ0) is 23.1. The molecule has 3 aromatic carbocycles. The summed E-state index contributed by atoms with van der Waals surface area (Å²) in [4.78, 5) is 24.6. The van der Waals surface area contributed by atoms with Crippen LogP contribution >= 0.6 is 0 Å². The Morgan fingerprint density at radius 2 is 1.56 bits per heavy atom. The van der Waals surface area contributed by atoms with E-state index in [9.17, 15) is 18.0 Å². The van der Waals surface area contributed by atoms with E-state index in [0.29, 0.717) is 5.69 Å². The standard InChI is InChI=1S/C23H22N2O6S/c1-3-30-22(26)20-13-12-18(25-23(27)24-17-9-7-8-16(2)14-17)15-21(20)31-32(28,29)19-10-5-4-6-11-19/h4-15H,3H2,1-2H3,(H2,24,25,27). The summed E-state index contributed by atoms with van der Waals surface area (Å²) in [5, 5.41) is 5.28. The number of aryl methyl sites for hydroxylation is 1. The lowest BCUT2D eigenvalue weighted by Gasteiger charge is -2.14. The summed E-state index contributed by atoms with van der Waals surface area (Å²) in [5.74, 6) is -1.01. The number of carbonyl (C=O) groups excluding carboxylic acids is 2. The van der Waals surface area contributed by atoms with Crippen molar-refractivity contribution in [1.29, 1.82) is 0 Å². The van der Waals surface area contributed by atoms with Gasteiger partial charge in [0.2, 0.25) is 0 Å². The molecule has 3 rings (SSSR count). The molecule has 166 valence electrons. The van der Waals surface area contributed by atoms with Gasteiger partial charge in [0.25, 0.3) is 0 Å². The Balaban J connectivity index is 1.87. The second kappa shape index (κ2) is 9.97. The van der Waals surface area contributed by atoms with Crippen molar-refractivity contribution in [1.82, 2.24) is 0 Å². The van der Waals surface area contributed by atoms with Crippen LogP contribution in [0.4, 0.5) is 16.2 Å². The van der Waals surface area contributed by atoms with E-state index in [1.807, 2.05) is 13.0 Å². The summed E-state index contributed by atoms with van der Waals surface area (Å²) in [6.07, 6.45) is 0. The van der Waals surface area contributed by atoms with Crippen molar-refractivity contribution in [2.45, 2.75) is 18.7 Å². The van der Waals surface area contributed by atoms with Crippen LogP contribution in [-0.4, -0.2) is 27.0 Å². The molecule has 3 aromatic rings. The minimum atomic E-state index is -4.22. The second-order valence-corrected chi connectivity index (χ2v) is 8.28. The van der Waals surface area contributed by atoms with Crippen molar-refractivity contribution in [2.75, 3.05) is 17.2 Å². The second-order valence-electron chi connectivity index (χ2n) is 6.73. The number of ether oxygens (including phenoxy) is 1. The van der Waals surface area contributed by atoms with Gasteiger partial charge in [0.15, 0.2) is 5.75 Å². The van der Waals surface area contributed by atoms with Crippen molar-refractivity contribution in [3.63, 3.8) is 0 Å². The van der Waals surface area contributed by atoms with Crippen molar-refractivity contribution < 1.29 is 26.9 Å². The number of rotatable bonds is 7. The third kappa shape index (κ3) is 5.86. The first-order chi connectivity index (χ1) is 15.3. The van der Waals surface area contributed by atoms with Crippen LogP contribution in [-0.2, 0) is 14.9 Å². The Hall–Kier alpha value is -3.85. The molecular weight excluding hydrogens is 432 g/mol. The van der Waals surface area contributed by atoms with E-state index in [0.717, 1.165) is 5.56 Å². The normalized spacial score (nSPS) is 10.8. The SMILES string of the molecule is CCOC(=O)c1ccc(NC(=O)Nc2cccc(C)c2)cc1OS(=O)(=O)c1ccccc1. The molecule has 8 nitrogen and oxygen atoms in total. The maximum atomic E-state index is 12.7. The fourth-order valence-electron chi connectivity index (χ4n) is 2.82. The number of anilines is 2. The highest BCUT2D eigenvalue weighted by Gasteiger charge is 2.22. The summed E-state index contributed by atoms with van der Waals surface area (Å²) >= 11 is 0. The van der Waals surface area contributed by atoms with Crippen LogP contribution in [0.1, 0.15) is 22.8 Å². The van der Waals surface area contributed by atoms with Crippen LogP contribution in [0.5, 0.6) is 5.75 Å². The topological polar surface area (TPSA) is 111 Å². The van der Waals surface area contributed by atoms with Gasteiger partial charge < -0.3 is 19.6 Å². The predicted molar refractivity (Wildman–Crippen MR) is 120 cm³/mol. The molecule has 32 heavy (non-hydrogen) atoms. The number of urea groups is 1. The Kier molecular flexibility index (Phi) is 7.11. The monoisotopic (exact) mass is 454 g/mol. The van der Waals surface area contributed by atoms with Crippen LogP contribution in [0, 0.1) is 6.92 Å². The summed E-state index contributed by atoms with van der Waals surface area (Å²) < 4.78 is 35.6. The number of benzene rings is 3. The van der Waals surface area contributed by atoms with E-state index in [-0.39, 0.29) is 28.5 Å². The molecule has 0 fully saturated rings. The fourth-order valence-corrected chi connectivity index (χ4v) is 3.78. The first-order valence-electron chi connectivity index (χ1n) is 9.74. The Labute approximate surface area is 186 Å². The molecule has 0 spiro atoms. The molecule has 0 heterocycles. The molecule has 9 heteroatoms. The van der Waals surface area contributed by atoms with E-state index < -0.39 is 22.1 Å². The van der Waals surface area contributed by atoms with E-state index in [1.54, 1.807) is 43.3 Å². The lowest BCUT2D eigenvalue weighted by Crippen LogP contribution is -2.20. The third-order valence-electron chi connectivity index (χ3n) is 4.24. The highest BCUT2D eigenvalue weighted by atomic mass is 32.2. The lowest BCUT2D eigenvalue weighted by atomic mass is 10.2. The Morgan fingerprint density at radius 1 is 0.875 bits per heavy atom. The van der Waals surface area contributed by atoms with Crippen molar-refractivity contribution in [3.8, 4) is 5.75 Å². The first kappa shape index (κ1) is 22.8. The molecule has 0 aliphatic heterocycles. The van der Waals surface area contributed by atoms with E-state index >= 15 is 0 Å². The minimum Gasteiger partial charge on any atom is -0.462 e. The quantitative estimate of drug-likeness (QED) is 0.399. The Morgan fingerprint density at radius 3 is 2.22 bits per heavy atom. The Bertz CT molecular complexity index is 1230. The zero-order valence-corrected chi connectivity index (χ0v) is 18.3. The van der Waals surface area contributed by atoms with Crippen LogP contribution in [0.25, 0.3) is 0 Å². The van der Waals surface area contributed by atoms with Crippen LogP contribution < -0.4 is 14.8 Å². The van der Waals surface area contributed by atoms with Gasteiger partial charge in [-0.1, -0.05) is 30.3 Å². The molecule has 2 amide bonds. The summed E-state index contributed by atoms with van der Waals surface area (Å²) in [5.41, 5.74) is 1.70. The average Bonchev–Trinajstić information content (AvgIpc) is 2.74. The zero-order valence-electron chi connectivity index (χ0n) is 17.5. The van der Waals surface area contributed by atoms with Gasteiger partial charge in [0.1, 0.15) is 10.5 Å². The number of amides is 2. The van der Waals surface area contributed by atoms with Crippen molar-refractivity contribution >= 4 is 33.5 Å². The molecule has 0 atom stereocenters. The van der Waals surface area contributed by atoms with Gasteiger partial charge >= 0.3 is 22.1 Å². The van der Waals surface area contributed by atoms with E-state index in [4.69, 9.17) is 8.92 Å².